The Morgan fingerprint density at radius 1 is 1.32 bits per heavy atom. The van der Waals surface area contributed by atoms with Gasteiger partial charge in [-0.3, -0.25) is 14.8 Å². The minimum atomic E-state index is 0. The Morgan fingerprint density at radius 3 is 2.71 bits per heavy atom. The summed E-state index contributed by atoms with van der Waals surface area (Å²) in [6.45, 7) is 8.81. The van der Waals surface area contributed by atoms with Crippen molar-refractivity contribution >= 4 is 41.3 Å². The van der Waals surface area contributed by atoms with E-state index >= 15 is 0 Å². The number of rotatable bonds is 8. The number of piperidine rings is 1. The minimum Gasteiger partial charge on any atom is -0.356 e. The van der Waals surface area contributed by atoms with Crippen LogP contribution in [-0.2, 0) is 0 Å². The summed E-state index contributed by atoms with van der Waals surface area (Å²) in [7, 11) is 4.14. The zero-order valence-electron chi connectivity index (χ0n) is 17.9. The van der Waals surface area contributed by atoms with Crippen LogP contribution in [0.4, 0.5) is 0 Å². The Morgan fingerprint density at radius 2 is 2.11 bits per heavy atom. The molecule has 1 aliphatic carbocycles. The Labute approximate surface area is 192 Å². The van der Waals surface area contributed by atoms with Gasteiger partial charge in [-0.1, -0.05) is 6.07 Å². The number of likely N-dealkylation sites (tertiary alicyclic amines) is 1. The van der Waals surface area contributed by atoms with Gasteiger partial charge in [0.1, 0.15) is 0 Å². The molecule has 1 aromatic rings. The summed E-state index contributed by atoms with van der Waals surface area (Å²) >= 11 is 1.88. The molecule has 0 radical (unpaired) electrons. The number of halogens is 1. The molecule has 0 amide bonds. The summed E-state index contributed by atoms with van der Waals surface area (Å²) in [4.78, 5) is 11.1. The van der Waals surface area contributed by atoms with E-state index in [0.717, 1.165) is 31.6 Å². The highest BCUT2D eigenvalue weighted by Gasteiger charge is 2.32. The first-order chi connectivity index (χ1) is 13.1. The summed E-state index contributed by atoms with van der Waals surface area (Å²) < 4.78 is 0. The van der Waals surface area contributed by atoms with Gasteiger partial charge >= 0.3 is 0 Å². The molecule has 160 valence electrons. The van der Waals surface area contributed by atoms with Gasteiger partial charge in [-0.25, -0.2) is 0 Å². The fourth-order valence-electron chi connectivity index (χ4n) is 4.40. The van der Waals surface area contributed by atoms with E-state index in [1.807, 2.05) is 18.4 Å². The van der Waals surface area contributed by atoms with E-state index in [0.29, 0.717) is 18.0 Å². The highest BCUT2D eigenvalue weighted by atomic mass is 127. The van der Waals surface area contributed by atoms with Crippen LogP contribution in [0.3, 0.4) is 0 Å². The molecule has 0 bridgehead atoms. The van der Waals surface area contributed by atoms with Crippen LogP contribution >= 0.6 is 35.3 Å². The molecule has 2 atom stereocenters. The topological polar surface area (TPSA) is 42.9 Å². The molecule has 1 aromatic heterocycles. The maximum atomic E-state index is 4.45. The van der Waals surface area contributed by atoms with Crippen LogP contribution in [0.25, 0.3) is 0 Å². The first-order valence-corrected chi connectivity index (χ1v) is 11.4. The average Bonchev–Trinajstić information content (AvgIpc) is 3.34. The van der Waals surface area contributed by atoms with E-state index in [9.17, 15) is 0 Å². The SMILES string of the molecule is CN=C(NCCN(C(C)C)C1CC1)NCC1CCCN(C)C1c1cccs1.I. The zero-order chi connectivity index (χ0) is 19.2. The van der Waals surface area contributed by atoms with Gasteiger partial charge in [-0.05, 0) is 70.5 Å². The lowest BCUT2D eigenvalue weighted by molar-refractivity contribution is 0.125. The molecule has 2 heterocycles. The van der Waals surface area contributed by atoms with Crippen molar-refractivity contribution in [2.24, 2.45) is 10.9 Å². The number of guanidine groups is 1. The largest absolute Gasteiger partial charge is 0.356 e. The lowest BCUT2D eigenvalue weighted by Gasteiger charge is -2.39. The van der Waals surface area contributed by atoms with Crippen molar-refractivity contribution in [1.29, 1.82) is 0 Å². The number of hydrogen-bond acceptors (Lipinski definition) is 4. The molecule has 2 aliphatic rings. The second-order valence-electron chi connectivity index (χ2n) is 8.29. The Kier molecular flexibility index (Phi) is 10.00. The maximum absolute atomic E-state index is 4.45. The summed E-state index contributed by atoms with van der Waals surface area (Å²) in [5, 5.41) is 9.32. The number of aliphatic imine (C=N–C) groups is 1. The quantitative estimate of drug-likeness (QED) is 0.312. The van der Waals surface area contributed by atoms with Crippen molar-refractivity contribution in [2.75, 3.05) is 40.3 Å². The molecule has 2 unspecified atom stereocenters. The zero-order valence-corrected chi connectivity index (χ0v) is 21.0. The summed E-state index contributed by atoms with van der Waals surface area (Å²) in [5.41, 5.74) is 0. The molecule has 1 aliphatic heterocycles. The molecule has 3 rings (SSSR count). The third kappa shape index (κ3) is 6.57. The van der Waals surface area contributed by atoms with E-state index < -0.39 is 0 Å². The van der Waals surface area contributed by atoms with Gasteiger partial charge in [0.15, 0.2) is 5.96 Å². The van der Waals surface area contributed by atoms with Gasteiger partial charge in [0, 0.05) is 49.7 Å². The van der Waals surface area contributed by atoms with E-state index in [4.69, 9.17) is 0 Å². The molecule has 7 heteroatoms. The number of nitrogens with zero attached hydrogens (tertiary/aromatic N) is 3. The first kappa shape index (κ1) is 23.9. The van der Waals surface area contributed by atoms with Crippen molar-refractivity contribution < 1.29 is 0 Å². The van der Waals surface area contributed by atoms with Gasteiger partial charge in [0.05, 0.1) is 0 Å². The predicted octanol–water partition coefficient (Wildman–Crippen LogP) is 3.79. The van der Waals surface area contributed by atoms with Crippen molar-refractivity contribution in [3.05, 3.63) is 22.4 Å². The molecule has 1 saturated heterocycles. The standard InChI is InChI=1S/C21H37N5S.HI/c1-16(2)26(18-9-10-18)13-11-23-21(22-3)24-15-17-7-5-12-25(4)20(17)19-8-6-14-27-19;/h6,8,14,16-18,20H,5,7,9-13,15H2,1-4H3,(H2,22,23,24);1H. The monoisotopic (exact) mass is 519 g/mol. The fraction of sp³-hybridized carbons (Fsp3) is 0.762. The maximum Gasteiger partial charge on any atom is 0.191 e. The van der Waals surface area contributed by atoms with Crippen LogP contribution in [0.15, 0.2) is 22.5 Å². The summed E-state index contributed by atoms with van der Waals surface area (Å²) in [6, 6.07) is 6.42. The third-order valence-corrected chi connectivity index (χ3v) is 6.88. The third-order valence-electron chi connectivity index (χ3n) is 5.94. The Bertz CT molecular complexity index is 586. The molecule has 2 N–H and O–H groups in total. The van der Waals surface area contributed by atoms with Gasteiger partial charge in [0.2, 0.25) is 0 Å². The van der Waals surface area contributed by atoms with Crippen LogP contribution < -0.4 is 10.6 Å². The van der Waals surface area contributed by atoms with Crippen LogP contribution in [0.5, 0.6) is 0 Å². The Balaban J connectivity index is 0.00000280. The molecule has 0 aromatic carbocycles. The molecular weight excluding hydrogens is 481 g/mol. The smallest absolute Gasteiger partial charge is 0.191 e. The minimum absolute atomic E-state index is 0. The van der Waals surface area contributed by atoms with Crippen LogP contribution in [0.1, 0.15) is 50.4 Å². The molecule has 1 saturated carbocycles. The van der Waals surface area contributed by atoms with Gasteiger partial charge < -0.3 is 10.6 Å². The first-order valence-electron chi connectivity index (χ1n) is 10.5. The van der Waals surface area contributed by atoms with Crippen LogP contribution in [0, 0.1) is 5.92 Å². The van der Waals surface area contributed by atoms with Gasteiger partial charge in [-0.2, -0.15) is 0 Å². The number of thiophene rings is 1. The highest BCUT2D eigenvalue weighted by Crippen LogP contribution is 2.36. The lowest BCUT2D eigenvalue weighted by Crippen LogP contribution is -2.47. The molecule has 28 heavy (non-hydrogen) atoms. The van der Waals surface area contributed by atoms with Gasteiger partial charge in [0.25, 0.3) is 0 Å². The van der Waals surface area contributed by atoms with E-state index in [2.05, 4.69) is 63.8 Å². The van der Waals surface area contributed by atoms with E-state index in [-0.39, 0.29) is 24.0 Å². The van der Waals surface area contributed by atoms with E-state index in [1.165, 1.54) is 37.1 Å². The van der Waals surface area contributed by atoms with Crippen LogP contribution in [-0.4, -0.2) is 68.1 Å². The number of nitrogens with one attached hydrogen (secondary N) is 2. The van der Waals surface area contributed by atoms with E-state index in [1.54, 1.807) is 0 Å². The predicted molar refractivity (Wildman–Crippen MR) is 132 cm³/mol. The normalized spacial score (nSPS) is 23.7. The van der Waals surface area contributed by atoms with Crippen molar-refractivity contribution in [3.8, 4) is 0 Å². The fourth-order valence-corrected chi connectivity index (χ4v) is 5.39. The summed E-state index contributed by atoms with van der Waals surface area (Å²) in [5.74, 6) is 1.56. The highest BCUT2D eigenvalue weighted by molar-refractivity contribution is 14.0. The average molecular weight is 520 g/mol. The molecule has 5 nitrogen and oxygen atoms in total. The molecule has 2 fully saturated rings. The number of hydrogen-bond donors (Lipinski definition) is 2. The van der Waals surface area contributed by atoms with Crippen molar-refractivity contribution in [3.63, 3.8) is 0 Å². The molecular formula is C21H38IN5S. The second kappa shape index (κ2) is 11.7. The Hall–Kier alpha value is -0.380. The molecule has 0 spiro atoms. The lowest BCUT2D eigenvalue weighted by atomic mass is 9.88. The van der Waals surface area contributed by atoms with Crippen LogP contribution in [0.2, 0.25) is 0 Å². The van der Waals surface area contributed by atoms with Crippen molar-refractivity contribution in [1.82, 2.24) is 20.4 Å². The second-order valence-corrected chi connectivity index (χ2v) is 9.27. The summed E-state index contributed by atoms with van der Waals surface area (Å²) in [6.07, 6.45) is 5.29. The van der Waals surface area contributed by atoms with Crippen molar-refractivity contribution in [2.45, 2.75) is 57.7 Å². The van der Waals surface area contributed by atoms with Gasteiger partial charge in [-0.15, -0.1) is 35.3 Å².